The molecule has 3 aromatic rings. The minimum atomic E-state index is -0.0911. The smallest absolute Gasteiger partial charge is 0.241 e. The van der Waals surface area contributed by atoms with Gasteiger partial charge < -0.3 is 10.3 Å². The number of aromatic amines is 1. The molecule has 2 heterocycles. The number of benzene rings is 1. The Bertz CT molecular complexity index is 670. The van der Waals surface area contributed by atoms with Gasteiger partial charge in [-0.1, -0.05) is 12.1 Å². The van der Waals surface area contributed by atoms with E-state index in [0.29, 0.717) is 13.0 Å². The topological polar surface area (TPSA) is 88.5 Å². The highest BCUT2D eigenvalue weighted by molar-refractivity contribution is 5.76. The molecule has 20 heavy (non-hydrogen) atoms. The van der Waals surface area contributed by atoms with Crippen molar-refractivity contribution in [1.29, 1.82) is 0 Å². The molecule has 3 rings (SSSR count). The van der Waals surface area contributed by atoms with Crippen LogP contribution in [0.15, 0.2) is 36.9 Å². The standard InChI is InChI=1S/C13H14N6O/c20-13(7-19-9-14-8-16-19)15-6-5-12-17-10-3-1-2-4-11(10)18-12/h1-4,8-9H,5-7H2,(H,15,20)(H,17,18). The molecule has 0 saturated carbocycles. The summed E-state index contributed by atoms with van der Waals surface area (Å²) in [5, 5.41) is 6.70. The van der Waals surface area contributed by atoms with Crippen LogP contribution in [-0.2, 0) is 17.8 Å². The predicted molar refractivity (Wildman–Crippen MR) is 72.8 cm³/mol. The van der Waals surface area contributed by atoms with Crippen molar-refractivity contribution >= 4 is 16.9 Å². The van der Waals surface area contributed by atoms with Crippen molar-refractivity contribution in [3.63, 3.8) is 0 Å². The van der Waals surface area contributed by atoms with Crippen LogP contribution in [0.1, 0.15) is 5.82 Å². The zero-order chi connectivity index (χ0) is 13.8. The number of fused-ring (bicyclic) bond motifs is 1. The molecule has 1 amide bonds. The van der Waals surface area contributed by atoms with E-state index in [1.54, 1.807) is 0 Å². The van der Waals surface area contributed by atoms with Crippen molar-refractivity contribution in [3.05, 3.63) is 42.7 Å². The summed E-state index contributed by atoms with van der Waals surface area (Å²) in [6.45, 7) is 0.716. The Morgan fingerprint density at radius 1 is 1.35 bits per heavy atom. The number of hydrogen-bond acceptors (Lipinski definition) is 4. The molecule has 0 bridgehead atoms. The molecule has 0 saturated heterocycles. The maximum absolute atomic E-state index is 11.6. The lowest BCUT2D eigenvalue weighted by molar-refractivity contribution is -0.121. The van der Waals surface area contributed by atoms with E-state index in [4.69, 9.17) is 0 Å². The first-order chi connectivity index (χ1) is 9.81. The van der Waals surface area contributed by atoms with Gasteiger partial charge in [-0.25, -0.2) is 14.6 Å². The first-order valence-electron chi connectivity index (χ1n) is 6.34. The fourth-order valence-electron chi connectivity index (χ4n) is 1.96. The number of amides is 1. The zero-order valence-corrected chi connectivity index (χ0v) is 10.8. The highest BCUT2D eigenvalue weighted by Crippen LogP contribution is 2.10. The molecule has 0 atom stereocenters. The lowest BCUT2D eigenvalue weighted by Gasteiger charge is -2.03. The van der Waals surface area contributed by atoms with Crippen molar-refractivity contribution in [2.24, 2.45) is 0 Å². The number of imidazole rings is 1. The molecule has 1 aromatic carbocycles. The van der Waals surface area contributed by atoms with Gasteiger partial charge in [0.25, 0.3) is 0 Å². The SMILES string of the molecule is O=C(Cn1cncn1)NCCc1nc2ccccc2[nH]1. The van der Waals surface area contributed by atoms with Gasteiger partial charge in [-0.2, -0.15) is 5.10 Å². The number of nitrogens with one attached hydrogen (secondary N) is 2. The van der Waals surface area contributed by atoms with Crippen LogP contribution in [0.2, 0.25) is 0 Å². The summed E-state index contributed by atoms with van der Waals surface area (Å²) in [7, 11) is 0. The van der Waals surface area contributed by atoms with Crippen LogP contribution in [-0.4, -0.2) is 37.2 Å². The zero-order valence-electron chi connectivity index (χ0n) is 10.8. The Hall–Kier alpha value is -2.70. The number of carbonyl (C=O) groups excluding carboxylic acids is 1. The maximum Gasteiger partial charge on any atom is 0.241 e. The molecule has 0 aliphatic carbocycles. The highest BCUT2D eigenvalue weighted by atomic mass is 16.2. The van der Waals surface area contributed by atoms with E-state index >= 15 is 0 Å². The molecule has 0 spiro atoms. The van der Waals surface area contributed by atoms with Crippen molar-refractivity contribution in [1.82, 2.24) is 30.0 Å². The molecule has 7 nitrogen and oxygen atoms in total. The van der Waals surface area contributed by atoms with Gasteiger partial charge in [-0.15, -0.1) is 0 Å². The van der Waals surface area contributed by atoms with Gasteiger partial charge in [0, 0.05) is 13.0 Å². The molecule has 2 N–H and O–H groups in total. The van der Waals surface area contributed by atoms with Crippen LogP contribution in [0.25, 0.3) is 11.0 Å². The quantitative estimate of drug-likeness (QED) is 0.707. The van der Waals surface area contributed by atoms with E-state index in [9.17, 15) is 4.79 Å². The van der Waals surface area contributed by atoms with E-state index in [1.807, 2.05) is 24.3 Å². The predicted octanol–water partition coefficient (Wildman–Crippen LogP) is 0.513. The van der Waals surface area contributed by atoms with E-state index in [-0.39, 0.29) is 12.5 Å². The monoisotopic (exact) mass is 270 g/mol. The van der Waals surface area contributed by atoms with Crippen LogP contribution in [0.3, 0.4) is 0 Å². The van der Waals surface area contributed by atoms with Crippen LogP contribution in [0.4, 0.5) is 0 Å². The average molecular weight is 270 g/mol. The van der Waals surface area contributed by atoms with Gasteiger partial charge in [0.2, 0.25) is 5.91 Å². The third-order valence-electron chi connectivity index (χ3n) is 2.89. The van der Waals surface area contributed by atoms with Gasteiger partial charge in [0.05, 0.1) is 11.0 Å². The van der Waals surface area contributed by atoms with Crippen LogP contribution in [0.5, 0.6) is 0 Å². The summed E-state index contributed by atoms with van der Waals surface area (Å²) in [5.74, 6) is 0.777. The Labute approximate surface area is 115 Å². The first-order valence-corrected chi connectivity index (χ1v) is 6.34. The minimum Gasteiger partial charge on any atom is -0.354 e. The van der Waals surface area contributed by atoms with Gasteiger partial charge >= 0.3 is 0 Å². The number of para-hydroxylation sites is 2. The second-order valence-corrected chi connectivity index (χ2v) is 4.39. The molecular formula is C13H14N6O. The average Bonchev–Trinajstić information content (AvgIpc) is 3.07. The van der Waals surface area contributed by atoms with Gasteiger partial charge in [-0.3, -0.25) is 4.79 Å². The number of hydrogen-bond donors (Lipinski definition) is 2. The molecule has 0 aliphatic heterocycles. The number of carbonyl (C=O) groups is 1. The van der Waals surface area contributed by atoms with Crippen LogP contribution < -0.4 is 5.32 Å². The summed E-state index contributed by atoms with van der Waals surface area (Å²) < 4.78 is 1.48. The number of aromatic nitrogens is 5. The van der Waals surface area contributed by atoms with Crippen molar-refractivity contribution in [2.45, 2.75) is 13.0 Å². The second-order valence-electron chi connectivity index (χ2n) is 4.39. The van der Waals surface area contributed by atoms with Crippen LogP contribution in [0, 0.1) is 0 Å². The van der Waals surface area contributed by atoms with Crippen molar-refractivity contribution < 1.29 is 4.79 Å². The number of nitrogens with zero attached hydrogens (tertiary/aromatic N) is 4. The molecular weight excluding hydrogens is 256 g/mol. The third-order valence-corrected chi connectivity index (χ3v) is 2.89. The Balaban J connectivity index is 1.51. The summed E-state index contributed by atoms with van der Waals surface area (Å²) in [6.07, 6.45) is 3.58. The number of H-pyrrole nitrogens is 1. The van der Waals surface area contributed by atoms with Crippen LogP contribution >= 0.6 is 0 Å². The first kappa shape index (κ1) is 12.3. The van der Waals surface area contributed by atoms with Crippen molar-refractivity contribution in [2.75, 3.05) is 6.54 Å². The van der Waals surface area contributed by atoms with E-state index in [1.165, 1.54) is 17.3 Å². The van der Waals surface area contributed by atoms with E-state index < -0.39 is 0 Å². The Morgan fingerprint density at radius 2 is 2.25 bits per heavy atom. The normalized spacial score (nSPS) is 10.8. The third kappa shape index (κ3) is 2.82. The van der Waals surface area contributed by atoms with Crippen molar-refractivity contribution in [3.8, 4) is 0 Å². The molecule has 102 valence electrons. The largest absolute Gasteiger partial charge is 0.354 e. The van der Waals surface area contributed by atoms with Gasteiger partial charge in [0.15, 0.2) is 0 Å². The molecule has 0 aliphatic rings. The lowest BCUT2D eigenvalue weighted by Crippen LogP contribution is -2.29. The summed E-state index contributed by atoms with van der Waals surface area (Å²) in [5.41, 5.74) is 1.95. The minimum absolute atomic E-state index is 0.0911. The van der Waals surface area contributed by atoms with E-state index in [0.717, 1.165) is 16.9 Å². The summed E-state index contributed by atoms with van der Waals surface area (Å²) in [6, 6.07) is 7.85. The maximum atomic E-state index is 11.6. The summed E-state index contributed by atoms with van der Waals surface area (Å²) in [4.78, 5) is 23.1. The second kappa shape index (κ2) is 5.52. The lowest BCUT2D eigenvalue weighted by atomic mass is 10.3. The summed E-state index contributed by atoms with van der Waals surface area (Å²) >= 11 is 0. The highest BCUT2D eigenvalue weighted by Gasteiger charge is 2.05. The van der Waals surface area contributed by atoms with Gasteiger partial charge in [-0.05, 0) is 12.1 Å². The molecule has 0 unspecified atom stereocenters. The van der Waals surface area contributed by atoms with E-state index in [2.05, 4.69) is 25.4 Å². The molecule has 0 fully saturated rings. The number of rotatable bonds is 5. The molecule has 0 radical (unpaired) electrons. The van der Waals surface area contributed by atoms with Gasteiger partial charge in [0.1, 0.15) is 25.0 Å². The fourth-order valence-corrected chi connectivity index (χ4v) is 1.96. The fraction of sp³-hybridized carbons (Fsp3) is 0.231. The molecule has 7 heteroatoms. The Kier molecular flexibility index (Phi) is 3.40. The molecule has 2 aromatic heterocycles. The Morgan fingerprint density at radius 3 is 3.05 bits per heavy atom.